The molecular formula is C22H32N6O3. The van der Waals surface area contributed by atoms with E-state index >= 15 is 0 Å². The Morgan fingerprint density at radius 3 is 2.52 bits per heavy atom. The maximum atomic E-state index is 12.9. The molecule has 1 amide bonds. The van der Waals surface area contributed by atoms with E-state index in [1.165, 1.54) is 4.68 Å². The Morgan fingerprint density at radius 1 is 1.26 bits per heavy atom. The molecule has 1 aliphatic rings. The van der Waals surface area contributed by atoms with Gasteiger partial charge in [0, 0.05) is 32.2 Å². The zero-order valence-electron chi connectivity index (χ0n) is 19.3. The molecule has 3 heterocycles. The minimum absolute atomic E-state index is 0.0161. The van der Waals surface area contributed by atoms with Gasteiger partial charge in [-0.1, -0.05) is 13.8 Å². The summed E-state index contributed by atoms with van der Waals surface area (Å²) in [6.45, 7) is 10.8. The van der Waals surface area contributed by atoms with Gasteiger partial charge in [-0.15, -0.1) is 0 Å². The number of ether oxygens (including phenoxy) is 1. The Labute approximate surface area is 182 Å². The van der Waals surface area contributed by atoms with Crippen molar-refractivity contribution in [3.63, 3.8) is 0 Å². The molecule has 9 heteroatoms. The largest absolute Gasteiger partial charge is 0.444 e. The molecule has 0 bridgehead atoms. The highest BCUT2D eigenvalue weighted by Crippen LogP contribution is 2.29. The zero-order valence-corrected chi connectivity index (χ0v) is 19.3. The molecule has 2 aromatic rings. The van der Waals surface area contributed by atoms with Crippen LogP contribution in [0.5, 0.6) is 0 Å². The summed E-state index contributed by atoms with van der Waals surface area (Å²) < 4.78 is 8.84. The van der Waals surface area contributed by atoms with Crippen molar-refractivity contribution in [2.75, 3.05) is 18.0 Å². The SMILES string of the molecule is CC[C@@H]1CN(c2cc(=O)n(C)n3cc(CC#N)nc23)[C@@H](CC)CN1C(=O)OC(C)(C)C. The van der Waals surface area contributed by atoms with Crippen molar-refractivity contribution in [2.45, 2.75) is 71.6 Å². The number of hydrogen-bond acceptors (Lipinski definition) is 6. The highest BCUT2D eigenvalue weighted by molar-refractivity contribution is 5.72. The van der Waals surface area contributed by atoms with Crippen LogP contribution in [0.4, 0.5) is 10.5 Å². The summed E-state index contributed by atoms with van der Waals surface area (Å²) in [4.78, 5) is 34.2. The van der Waals surface area contributed by atoms with Crippen LogP contribution < -0.4 is 10.5 Å². The van der Waals surface area contributed by atoms with Gasteiger partial charge in [-0.2, -0.15) is 5.26 Å². The molecule has 0 N–H and O–H groups in total. The Kier molecular flexibility index (Phi) is 6.30. The highest BCUT2D eigenvalue weighted by Gasteiger charge is 2.38. The number of anilines is 1. The Bertz CT molecular complexity index is 1060. The van der Waals surface area contributed by atoms with Gasteiger partial charge in [0.1, 0.15) is 5.60 Å². The van der Waals surface area contributed by atoms with Gasteiger partial charge >= 0.3 is 6.09 Å². The number of amides is 1. The molecular weight excluding hydrogens is 396 g/mol. The smallest absolute Gasteiger partial charge is 0.410 e. The third-order valence-corrected chi connectivity index (χ3v) is 5.71. The van der Waals surface area contributed by atoms with Crippen LogP contribution in [-0.4, -0.2) is 55.9 Å². The lowest BCUT2D eigenvalue weighted by molar-refractivity contribution is 0.00989. The summed E-state index contributed by atoms with van der Waals surface area (Å²) in [7, 11) is 1.68. The van der Waals surface area contributed by atoms with E-state index in [1.54, 1.807) is 23.8 Å². The highest BCUT2D eigenvalue weighted by atomic mass is 16.6. The van der Waals surface area contributed by atoms with Crippen LogP contribution in [0.2, 0.25) is 0 Å². The summed E-state index contributed by atoms with van der Waals surface area (Å²) in [6.07, 6.45) is 3.17. The number of fused-ring (bicyclic) bond motifs is 1. The first-order valence-electron chi connectivity index (χ1n) is 10.8. The number of hydrogen-bond donors (Lipinski definition) is 0. The second kappa shape index (κ2) is 8.61. The first-order chi connectivity index (χ1) is 14.6. The first kappa shape index (κ1) is 22.7. The molecule has 168 valence electrons. The van der Waals surface area contributed by atoms with Gasteiger partial charge in [-0.05, 0) is 33.6 Å². The predicted molar refractivity (Wildman–Crippen MR) is 118 cm³/mol. The van der Waals surface area contributed by atoms with Crippen LogP contribution in [0.3, 0.4) is 0 Å². The molecule has 0 saturated carbocycles. The first-order valence-corrected chi connectivity index (χ1v) is 10.8. The van der Waals surface area contributed by atoms with Crippen LogP contribution >= 0.6 is 0 Å². The van der Waals surface area contributed by atoms with E-state index < -0.39 is 5.60 Å². The minimum atomic E-state index is -0.557. The number of imidazole rings is 1. The molecule has 1 aliphatic heterocycles. The number of nitrogens with zero attached hydrogens (tertiary/aromatic N) is 6. The number of rotatable bonds is 4. The molecule has 0 spiro atoms. The van der Waals surface area contributed by atoms with Gasteiger partial charge in [-0.25, -0.2) is 19.0 Å². The third-order valence-electron chi connectivity index (χ3n) is 5.71. The Morgan fingerprint density at radius 2 is 1.94 bits per heavy atom. The Balaban J connectivity index is 2.02. The zero-order chi connectivity index (χ0) is 22.9. The van der Waals surface area contributed by atoms with E-state index in [2.05, 4.69) is 22.9 Å². The number of aromatic nitrogens is 3. The molecule has 31 heavy (non-hydrogen) atoms. The number of aryl methyl sites for hydroxylation is 1. The molecule has 0 aromatic carbocycles. The van der Waals surface area contributed by atoms with Crippen molar-refractivity contribution in [3.8, 4) is 6.07 Å². The lowest BCUT2D eigenvalue weighted by Gasteiger charge is -2.47. The number of carbonyl (C=O) groups excluding carboxylic acids is 1. The van der Waals surface area contributed by atoms with Crippen molar-refractivity contribution >= 4 is 17.4 Å². The fraction of sp³-hybridized carbons (Fsp3) is 0.636. The number of carbonyl (C=O) groups is 1. The van der Waals surface area contributed by atoms with E-state index in [4.69, 9.17) is 10.00 Å². The molecule has 2 aromatic heterocycles. The van der Waals surface area contributed by atoms with Crippen LogP contribution in [-0.2, 0) is 18.2 Å². The minimum Gasteiger partial charge on any atom is -0.444 e. The van der Waals surface area contributed by atoms with Crippen molar-refractivity contribution in [2.24, 2.45) is 7.05 Å². The van der Waals surface area contributed by atoms with Crippen molar-refractivity contribution in [3.05, 3.63) is 28.3 Å². The molecule has 9 nitrogen and oxygen atoms in total. The van der Waals surface area contributed by atoms with Gasteiger partial charge in [0.05, 0.1) is 36.1 Å². The normalized spacial score (nSPS) is 19.5. The number of nitriles is 1. The van der Waals surface area contributed by atoms with E-state index in [1.807, 2.05) is 32.6 Å². The van der Waals surface area contributed by atoms with Crippen molar-refractivity contribution in [1.82, 2.24) is 19.1 Å². The van der Waals surface area contributed by atoms with E-state index in [9.17, 15) is 9.59 Å². The molecule has 3 rings (SSSR count). The monoisotopic (exact) mass is 428 g/mol. The molecule has 0 aliphatic carbocycles. The van der Waals surface area contributed by atoms with Crippen molar-refractivity contribution in [1.29, 1.82) is 5.26 Å². The molecule has 0 unspecified atom stereocenters. The van der Waals surface area contributed by atoms with Crippen LogP contribution in [0.25, 0.3) is 5.65 Å². The van der Waals surface area contributed by atoms with Crippen molar-refractivity contribution < 1.29 is 9.53 Å². The van der Waals surface area contributed by atoms with Crippen LogP contribution in [0.15, 0.2) is 17.1 Å². The van der Waals surface area contributed by atoms with E-state index in [-0.39, 0.29) is 30.2 Å². The molecule has 0 radical (unpaired) electrons. The summed E-state index contributed by atoms with van der Waals surface area (Å²) in [5, 5.41) is 9.07. The maximum Gasteiger partial charge on any atom is 0.410 e. The summed E-state index contributed by atoms with van der Waals surface area (Å²) >= 11 is 0. The third kappa shape index (κ3) is 4.53. The topological polar surface area (TPSA) is 95.9 Å². The lowest BCUT2D eigenvalue weighted by atomic mass is 10.0. The van der Waals surface area contributed by atoms with Gasteiger partial charge in [0.25, 0.3) is 5.56 Å². The van der Waals surface area contributed by atoms with E-state index in [0.717, 1.165) is 18.5 Å². The fourth-order valence-corrected chi connectivity index (χ4v) is 4.07. The maximum absolute atomic E-state index is 12.9. The summed E-state index contributed by atoms with van der Waals surface area (Å²) in [5.41, 5.74) is 1.30. The van der Waals surface area contributed by atoms with Crippen LogP contribution in [0, 0.1) is 11.3 Å². The van der Waals surface area contributed by atoms with Gasteiger partial charge in [0.15, 0.2) is 5.65 Å². The Hall–Kier alpha value is -3.02. The van der Waals surface area contributed by atoms with E-state index in [0.29, 0.717) is 24.4 Å². The predicted octanol–water partition coefficient (Wildman–Crippen LogP) is 2.71. The lowest BCUT2D eigenvalue weighted by Crippen LogP contribution is -2.60. The quantitative estimate of drug-likeness (QED) is 0.743. The summed E-state index contributed by atoms with van der Waals surface area (Å²) in [5.74, 6) is 0. The fourth-order valence-electron chi connectivity index (χ4n) is 4.07. The number of piperazine rings is 1. The van der Waals surface area contributed by atoms with Gasteiger partial charge < -0.3 is 14.5 Å². The second-order valence-corrected chi connectivity index (χ2v) is 9.04. The second-order valence-electron chi connectivity index (χ2n) is 9.04. The molecule has 2 atom stereocenters. The average molecular weight is 429 g/mol. The van der Waals surface area contributed by atoms with Gasteiger partial charge in [0.2, 0.25) is 0 Å². The average Bonchev–Trinajstić information content (AvgIpc) is 3.12. The molecule has 1 saturated heterocycles. The standard InChI is InChI=1S/C22H32N6O3/c1-7-16-14-27(21(30)31-22(3,4)5)17(8-2)13-26(16)18-11-19(29)25(6)28-12-15(9-10-23)24-20(18)28/h11-12,16-17H,7-9,13-14H2,1-6H3/t16-,17+/m0/s1. The van der Waals surface area contributed by atoms with Crippen LogP contribution in [0.1, 0.15) is 53.2 Å². The van der Waals surface area contributed by atoms with Gasteiger partial charge in [-0.3, -0.25) is 4.79 Å². The molecule has 1 fully saturated rings. The summed E-state index contributed by atoms with van der Waals surface area (Å²) in [6, 6.07) is 3.69.